The van der Waals surface area contributed by atoms with Crippen LogP contribution in [0.15, 0.2) is 0 Å². The molecule has 0 aliphatic rings. The van der Waals surface area contributed by atoms with E-state index in [0.29, 0.717) is 6.61 Å². The fourth-order valence-electron chi connectivity index (χ4n) is 0.441. The number of nitrogens with zero attached hydrogens (tertiary/aromatic N) is 1. The molecule has 10 heavy (non-hydrogen) atoms. The summed E-state index contributed by atoms with van der Waals surface area (Å²) in [6.45, 7) is 3.64. The van der Waals surface area contributed by atoms with Crippen LogP contribution in [0.1, 0.15) is 13.8 Å². The van der Waals surface area contributed by atoms with Crippen molar-refractivity contribution in [1.82, 2.24) is 0 Å². The lowest BCUT2D eigenvalue weighted by molar-refractivity contribution is 0.269. The summed E-state index contributed by atoms with van der Waals surface area (Å²) in [5.74, 6) is 0. The molecule has 1 unspecified atom stereocenters. The third kappa shape index (κ3) is 2.86. The van der Waals surface area contributed by atoms with Crippen LogP contribution in [0.5, 0.6) is 0 Å². The molecule has 0 amide bonds. The molecule has 0 heterocycles. The predicted octanol–water partition coefficient (Wildman–Crippen LogP) is 1.73. The molecule has 0 spiro atoms. The molecule has 4 nitrogen and oxygen atoms in total. The third-order valence-corrected chi connectivity index (χ3v) is 2.68. The van der Waals surface area contributed by atoms with Crippen molar-refractivity contribution in [2.45, 2.75) is 13.8 Å². The minimum Gasteiger partial charge on any atom is -0.349 e. The molecule has 58 valence electrons. The van der Waals surface area contributed by atoms with Gasteiger partial charge >= 0.3 is 7.60 Å². The molecule has 0 aliphatic heterocycles. The van der Waals surface area contributed by atoms with Crippen molar-refractivity contribution < 1.29 is 13.6 Å². The Morgan fingerprint density at radius 2 is 2.20 bits per heavy atom. The van der Waals surface area contributed by atoms with Crippen LogP contribution < -0.4 is 0 Å². The average molecular weight is 163 g/mol. The molecule has 0 aromatic heterocycles. The van der Waals surface area contributed by atoms with Gasteiger partial charge in [-0.25, -0.2) is 4.57 Å². The van der Waals surface area contributed by atoms with E-state index in [9.17, 15) is 4.57 Å². The van der Waals surface area contributed by atoms with E-state index in [1.165, 1.54) is 6.26 Å². The fourth-order valence-corrected chi connectivity index (χ4v) is 1.32. The number of hydrogen-bond donors (Lipinski definition) is 0. The molecule has 0 saturated heterocycles. The molecule has 0 fully saturated rings. The van der Waals surface area contributed by atoms with Crippen LogP contribution in [0.25, 0.3) is 0 Å². The first-order valence-electron chi connectivity index (χ1n) is 2.99. The van der Waals surface area contributed by atoms with Crippen LogP contribution in [0.3, 0.4) is 0 Å². The zero-order chi connectivity index (χ0) is 8.04. The highest BCUT2D eigenvalue weighted by atomic mass is 31.2. The molecule has 0 rings (SSSR count). The van der Waals surface area contributed by atoms with Crippen molar-refractivity contribution in [2.75, 3.05) is 12.8 Å². The van der Waals surface area contributed by atoms with E-state index in [-0.39, 0.29) is 6.16 Å². The number of hydrogen-bond acceptors (Lipinski definition) is 4. The Labute approximate surface area is 60.3 Å². The zero-order valence-electron chi connectivity index (χ0n) is 6.03. The second-order valence-corrected chi connectivity index (χ2v) is 3.82. The minimum absolute atomic E-state index is 0.231. The number of rotatable bonds is 4. The van der Waals surface area contributed by atoms with Crippen LogP contribution in [0.4, 0.5) is 0 Å². The smallest absolute Gasteiger partial charge is 0.349 e. The summed E-state index contributed by atoms with van der Waals surface area (Å²) >= 11 is 0. The maximum atomic E-state index is 11.1. The van der Waals surface area contributed by atoms with E-state index in [2.05, 4.69) is 4.52 Å². The summed E-state index contributed by atoms with van der Waals surface area (Å²) < 4.78 is 20.1. The quantitative estimate of drug-likeness (QED) is 0.467. The van der Waals surface area contributed by atoms with Gasteiger partial charge in [0.2, 0.25) is 0 Å². The van der Waals surface area contributed by atoms with Crippen LogP contribution >= 0.6 is 7.60 Å². The van der Waals surface area contributed by atoms with E-state index in [4.69, 9.17) is 9.79 Å². The van der Waals surface area contributed by atoms with Crippen molar-refractivity contribution in [2.24, 2.45) is 0 Å². The predicted molar refractivity (Wildman–Crippen MR) is 36.5 cm³/mol. The molecular formula is C5H10NO3P. The molecule has 0 N–H and O–H groups in total. The van der Waals surface area contributed by atoms with Gasteiger partial charge in [0.25, 0.3) is 6.26 Å². The lowest BCUT2D eigenvalue weighted by Gasteiger charge is -2.09. The highest BCUT2D eigenvalue weighted by Gasteiger charge is 2.21. The van der Waals surface area contributed by atoms with Crippen LogP contribution in [0.2, 0.25) is 0 Å². The highest BCUT2D eigenvalue weighted by Crippen LogP contribution is 2.46. The van der Waals surface area contributed by atoms with E-state index in [0.717, 1.165) is 0 Å². The Morgan fingerprint density at radius 3 is 2.50 bits per heavy atom. The van der Waals surface area contributed by atoms with Gasteiger partial charge in [0.1, 0.15) is 0 Å². The van der Waals surface area contributed by atoms with Gasteiger partial charge in [0, 0.05) is 0 Å². The topological polar surface area (TPSA) is 59.3 Å². The minimum atomic E-state index is -3.06. The second kappa shape index (κ2) is 4.32. The van der Waals surface area contributed by atoms with Gasteiger partial charge in [-0.15, -0.1) is 5.26 Å². The average Bonchev–Trinajstić information content (AvgIpc) is 1.89. The van der Waals surface area contributed by atoms with E-state index < -0.39 is 7.60 Å². The van der Waals surface area contributed by atoms with Gasteiger partial charge in [0.15, 0.2) is 0 Å². The van der Waals surface area contributed by atoms with Gasteiger partial charge < -0.3 is 4.52 Å². The first-order chi connectivity index (χ1) is 4.68. The Balaban J connectivity index is 3.99. The van der Waals surface area contributed by atoms with Crippen molar-refractivity contribution in [3.05, 3.63) is 0 Å². The Morgan fingerprint density at radius 1 is 1.60 bits per heavy atom. The summed E-state index contributed by atoms with van der Waals surface area (Å²) in [5, 5.41) is 8.04. The molecule has 0 aromatic rings. The molecule has 0 bridgehead atoms. The van der Waals surface area contributed by atoms with E-state index >= 15 is 0 Å². The van der Waals surface area contributed by atoms with E-state index in [1.54, 1.807) is 13.8 Å². The first kappa shape index (κ1) is 9.48. The van der Waals surface area contributed by atoms with Crippen LogP contribution in [0, 0.1) is 11.5 Å². The van der Waals surface area contributed by atoms with Gasteiger partial charge in [-0.1, -0.05) is 6.92 Å². The molecule has 1 atom stereocenters. The largest absolute Gasteiger partial charge is 0.388 e. The molecule has 0 radical (unpaired) electrons. The van der Waals surface area contributed by atoms with Crippen molar-refractivity contribution in [3.63, 3.8) is 0 Å². The monoisotopic (exact) mass is 163 g/mol. The zero-order valence-corrected chi connectivity index (χ0v) is 6.93. The summed E-state index contributed by atoms with van der Waals surface area (Å²) in [5.41, 5.74) is 0. The van der Waals surface area contributed by atoms with Crippen molar-refractivity contribution >= 4 is 7.60 Å². The second-order valence-electron chi connectivity index (χ2n) is 1.53. The third-order valence-electron chi connectivity index (χ3n) is 0.893. The molecule has 5 heteroatoms. The molecule has 0 aliphatic carbocycles. The molecule has 0 saturated carbocycles. The fraction of sp³-hybridized carbons (Fsp3) is 0.800. The van der Waals surface area contributed by atoms with Crippen molar-refractivity contribution in [3.8, 4) is 6.26 Å². The lowest BCUT2D eigenvalue weighted by atomic mass is 10.9. The standard InChI is InChI=1S/C5H10NO3P/c1-3-8-10(7,4-2)9-5-6/h3-4H2,1-2H3. The number of nitriles is 1. The molecule has 0 aromatic carbocycles. The highest BCUT2D eigenvalue weighted by molar-refractivity contribution is 7.53. The van der Waals surface area contributed by atoms with Gasteiger partial charge in [-0.3, -0.25) is 4.52 Å². The van der Waals surface area contributed by atoms with Gasteiger partial charge in [0.05, 0.1) is 12.8 Å². The first-order valence-corrected chi connectivity index (χ1v) is 4.72. The summed E-state index contributed by atoms with van der Waals surface area (Å²) in [4.78, 5) is 0. The summed E-state index contributed by atoms with van der Waals surface area (Å²) in [6, 6.07) is 0. The van der Waals surface area contributed by atoms with Crippen LogP contribution in [-0.2, 0) is 13.6 Å². The van der Waals surface area contributed by atoms with Crippen LogP contribution in [-0.4, -0.2) is 12.8 Å². The normalized spacial score (nSPS) is 15.3. The van der Waals surface area contributed by atoms with Crippen molar-refractivity contribution in [1.29, 1.82) is 5.26 Å². The summed E-state index contributed by atoms with van der Waals surface area (Å²) in [7, 11) is -3.06. The summed E-state index contributed by atoms with van der Waals surface area (Å²) in [6.07, 6.45) is 1.59. The maximum absolute atomic E-state index is 11.1. The Hall–Kier alpha value is -0.520. The maximum Gasteiger partial charge on any atom is 0.388 e. The van der Waals surface area contributed by atoms with E-state index in [1.807, 2.05) is 0 Å². The Kier molecular flexibility index (Phi) is 4.10. The van der Waals surface area contributed by atoms with Gasteiger partial charge in [-0.05, 0) is 6.92 Å². The van der Waals surface area contributed by atoms with Gasteiger partial charge in [-0.2, -0.15) is 0 Å². The molecular weight excluding hydrogens is 153 g/mol. The lowest BCUT2D eigenvalue weighted by Crippen LogP contribution is -1.93. The SMILES string of the molecule is CCOP(=O)(CC)OC#N. The Bertz CT molecular complexity index is 174.